The lowest BCUT2D eigenvalue weighted by Gasteiger charge is -2.10. The molecule has 0 saturated heterocycles. The van der Waals surface area contributed by atoms with Crippen molar-refractivity contribution in [3.63, 3.8) is 0 Å². The first-order valence-electron chi connectivity index (χ1n) is 8.60. The van der Waals surface area contributed by atoms with Crippen LogP contribution >= 0.6 is 0 Å². The molecule has 1 N–H and O–H groups in total. The van der Waals surface area contributed by atoms with Crippen molar-refractivity contribution >= 4 is 21.4 Å². The van der Waals surface area contributed by atoms with Crippen molar-refractivity contribution in [3.8, 4) is 0 Å². The molecule has 3 aromatic carbocycles. The number of anilines is 1. The monoisotopic (exact) mass is 379 g/mol. The van der Waals surface area contributed by atoms with Gasteiger partial charge < -0.3 is 5.32 Å². The summed E-state index contributed by atoms with van der Waals surface area (Å²) in [4.78, 5) is 12.9. The maximum absolute atomic E-state index is 12.6. The summed E-state index contributed by atoms with van der Waals surface area (Å²) in [6.45, 7) is 3.93. The van der Waals surface area contributed by atoms with Gasteiger partial charge in [0.2, 0.25) is 0 Å². The normalized spacial score (nSPS) is 11.2. The topological polar surface area (TPSA) is 63.2 Å². The van der Waals surface area contributed by atoms with Gasteiger partial charge >= 0.3 is 0 Å². The summed E-state index contributed by atoms with van der Waals surface area (Å²) in [7, 11) is -3.46. The third kappa shape index (κ3) is 4.63. The summed E-state index contributed by atoms with van der Waals surface area (Å²) in [5.41, 5.74) is 3.85. The minimum Gasteiger partial charge on any atom is -0.322 e. The number of hydrogen-bond acceptors (Lipinski definition) is 3. The lowest BCUT2D eigenvalue weighted by molar-refractivity contribution is 0.102. The summed E-state index contributed by atoms with van der Waals surface area (Å²) >= 11 is 0. The third-order valence-electron chi connectivity index (χ3n) is 4.28. The Labute approximate surface area is 159 Å². The van der Waals surface area contributed by atoms with Crippen molar-refractivity contribution in [1.29, 1.82) is 0 Å². The zero-order valence-electron chi connectivity index (χ0n) is 15.3. The summed E-state index contributed by atoms with van der Waals surface area (Å²) in [6, 6.07) is 20.8. The highest BCUT2D eigenvalue weighted by Gasteiger charge is 2.16. The maximum Gasteiger partial charge on any atom is 0.255 e. The number of benzene rings is 3. The summed E-state index contributed by atoms with van der Waals surface area (Å²) in [5, 5.41) is 2.89. The van der Waals surface area contributed by atoms with Crippen molar-refractivity contribution in [2.75, 3.05) is 5.32 Å². The van der Waals surface area contributed by atoms with Crippen molar-refractivity contribution < 1.29 is 13.2 Å². The largest absolute Gasteiger partial charge is 0.322 e. The molecule has 0 aromatic heterocycles. The van der Waals surface area contributed by atoms with E-state index < -0.39 is 9.84 Å². The number of hydrogen-bond donors (Lipinski definition) is 1. The molecule has 0 spiro atoms. The first-order chi connectivity index (χ1) is 12.8. The molecule has 0 aliphatic rings. The van der Waals surface area contributed by atoms with Gasteiger partial charge in [0.1, 0.15) is 0 Å². The molecule has 27 heavy (non-hydrogen) atoms. The summed E-state index contributed by atoms with van der Waals surface area (Å²) < 4.78 is 25.1. The van der Waals surface area contributed by atoms with E-state index in [0.29, 0.717) is 11.1 Å². The Hall–Kier alpha value is -2.92. The molecule has 0 aliphatic heterocycles. The number of amides is 1. The molecule has 1 amide bonds. The van der Waals surface area contributed by atoms with Gasteiger partial charge in [-0.05, 0) is 55.3 Å². The summed E-state index contributed by atoms with van der Waals surface area (Å²) in [6.07, 6.45) is 0. The zero-order valence-corrected chi connectivity index (χ0v) is 16.1. The highest BCUT2D eigenvalue weighted by Crippen LogP contribution is 2.19. The van der Waals surface area contributed by atoms with Gasteiger partial charge in [0.25, 0.3) is 5.91 Å². The van der Waals surface area contributed by atoms with Crippen LogP contribution in [0.1, 0.15) is 27.0 Å². The molecule has 0 aliphatic carbocycles. The molecule has 138 valence electrons. The van der Waals surface area contributed by atoms with Gasteiger partial charge in [0.15, 0.2) is 9.84 Å². The lowest BCUT2D eigenvalue weighted by atomic mass is 10.1. The Bertz CT molecular complexity index is 1070. The average Bonchev–Trinajstić information content (AvgIpc) is 2.64. The second-order valence-corrected chi connectivity index (χ2v) is 8.53. The molecular formula is C22H21NO3S. The highest BCUT2D eigenvalue weighted by atomic mass is 32.2. The van der Waals surface area contributed by atoms with Crippen molar-refractivity contribution in [1.82, 2.24) is 0 Å². The molecule has 0 radical (unpaired) electrons. The van der Waals surface area contributed by atoms with Gasteiger partial charge in [-0.1, -0.05) is 48.0 Å². The Morgan fingerprint density at radius 2 is 1.63 bits per heavy atom. The predicted molar refractivity (Wildman–Crippen MR) is 108 cm³/mol. The second kappa shape index (κ2) is 7.76. The number of carbonyl (C=O) groups is 1. The molecule has 4 nitrogen and oxygen atoms in total. The number of sulfone groups is 1. The van der Waals surface area contributed by atoms with E-state index in [0.717, 1.165) is 16.8 Å². The van der Waals surface area contributed by atoms with Crippen molar-refractivity contribution in [2.45, 2.75) is 24.5 Å². The van der Waals surface area contributed by atoms with E-state index in [4.69, 9.17) is 0 Å². The molecule has 0 unspecified atom stereocenters. The van der Waals surface area contributed by atoms with Gasteiger partial charge in [0, 0.05) is 11.3 Å². The molecular weight excluding hydrogens is 358 g/mol. The van der Waals surface area contributed by atoms with E-state index in [-0.39, 0.29) is 16.6 Å². The minimum absolute atomic E-state index is 0.151. The van der Waals surface area contributed by atoms with Crippen LogP contribution in [-0.4, -0.2) is 14.3 Å². The molecule has 0 atom stereocenters. The third-order valence-corrected chi connectivity index (χ3v) is 5.98. The summed E-state index contributed by atoms with van der Waals surface area (Å²) in [5.74, 6) is -0.414. The fourth-order valence-electron chi connectivity index (χ4n) is 2.88. The maximum atomic E-state index is 12.6. The van der Waals surface area contributed by atoms with Crippen LogP contribution in [0.3, 0.4) is 0 Å². The van der Waals surface area contributed by atoms with Crippen LogP contribution in [0.4, 0.5) is 5.69 Å². The lowest BCUT2D eigenvalue weighted by Crippen LogP contribution is -2.13. The SMILES string of the molecule is Cc1ccc(NC(=O)c2cccc(CS(=O)(=O)c3ccccc3)c2)c(C)c1. The van der Waals surface area contributed by atoms with Crippen LogP contribution in [0.5, 0.6) is 0 Å². The average molecular weight is 379 g/mol. The van der Waals surface area contributed by atoms with E-state index in [1.165, 1.54) is 0 Å². The zero-order chi connectivity index (χ0) is 19.4. The minimum atomic E-state index is -3.46. The number of rotatable bonds is 5. The van der Waals surface area contributed by atoms with Gasteiger partial charge in [-0.25, -0.2) is 8.42 Å². The highest BCUT2D eigenvalue weighted by molar-refractivity contribution is 7.90. The second-order valence-electron chi connectivity index (χ2n) is 6.55. The van der Waals surface area contributed by atoms with Gasteiger partial charge in [0.05, 0.1) is 10.6 Å². The van der Waals surface area contributed by atoms with E-state index in [9.17, 15) is 13.2 Å². The van der Waals surface area contributed by atoms with Gasteiger partial charge in [-0.3, -0.25) is 4.79 Å². The predicted octanol–water partition coefficient (Wildman–Crippen LogP) is 4.53. The number of nitrogens with one attached hydrogen (secondary N) is 1. The van der Waals surface area contributed by atoms with E-state index in [2.05, 4.69) is 5.32 Å². The Morgan fingerprint density at radius 3 is 2.33 bits per heavy atom. The van der Waals surface area contributed by atoms with Gasteiger partial charge in [-0.15, -0.1) is 0 Å². The van der Waals surface area contributed by atoms with E-state index in [1.54, 1.807) is 54.6 Å². The number of carbonyl (C=O) groups excluding carboxylic acids is 1. The Morgan fingerprint density at radius 1 is 0.889 bits per heavy atom. The Balaban J connectivity index is 1.80. The van der Waals surface area contributed by atoms with Crippen LogP contribution in [-0.2, 0) is 15.6 Å². The first-order valence-corrected chi connectivity index (χ1v) is 10.3. The fraction of sp³-hybridized carbons (Fsp3) is 0.136. The van der Waals surface area contributed by atoms with Crippen molar-refractivity contribution in [2.24, 2.45) is 0 Å². The molecule has 0 bridgehead atoms. The molecule has 3 aromatic rings. The van der Waals surface area contributed by atoms with E-state index in [1.807, 2.05) is 32.0 Å². The van der Waals surface area contributed by atoms with Crippen LogP contribution < -0.4 is 5.32 Å². The molecule has 3 rings (SSSR count). The number of aryl methyl sites for hydroxylation is 2. The quantitative estimate of drug-likeness (QED) is 0.708. The molecule has 0 heterocycles. The van der Waals surface area contributed by atoms with Crippen LogP contribution in [0.25, 0.3) is 0 Å². The first kappa shape index (κ1) is 18.9. The Kier molecular flexibility index (Phi) is 5.42. The van der Waals surface area contributed by atoms with E-state index >= 15 is 0 Å². The smallest absolute Gasteiger partial charge is 0.255 e. The van der Waals surface area contributed by atoms with Crippen LogP contribution in [0.2, 0.25) is 0 Å². The van der Waals surface area contributed by atoms with Crippen LogP contribution in [0, 0.1) is 13.8 Å². The molecule has 5 heteroatoms. The molecule has 0 saturated carbocycles. The standard InChI is InChI=1S/C22H21NO3S/c1-16-11-12-21(17(2)13-16)23-22(24)19-8-6-7-18(14-19)15-27(25,26)20-9-4-3-5-10-20/h3-14H,15H2,1-2H3,(H,23,24). The van der Waals surface area contributed by atoms with Crippen molar-refractivity contribution in [3.05, 3.63) is 95.1 Å². The van der Waals surface area contributed by atoms with Gasteiger partial charge in [-0.2, -0.15) is 0 Å². The van der Waals surface area contributed by atoms with Crippen LogP contribution in [0.15, 0.2) is 77.7 Å². The molecule has 0 fully saturated rings. The fourth-order valence-corrected chi connectivity index (χ4v) is 4.24.